The first-order valence-electron chi connectivity index (χ1n) is 12.0. The largest absolute Gasteiger partial charge is 0.383 e. The number of hydrogen-bond acceptors (Lipinski definition) is 5. The standard InChI is InChI=1S/C26H35N3O4S/c1-20(30)27-24-10-5-11-26(17-24)34(31,32)29(13-14-33-2)19-21-7-6-12-28(18-21)25-15-22-8-3-4-9-23(22)16-25/h3-5,8-11,17,21,25H,6-7,12-16,18-19H2,1-2H3,(H,27,30). The molecule has 1 fully saturated rings. The Morgan fingerprint density at radius 3 is 2.56 bits per heavy atom. The molecule has 1 saturated heterocycles. The first kappa shape index (κ1) is 24.9. The number of sulfonamides is 1. The number of hydrogen-bond donors (Lipinski definition) is 1. The van der Waals surface area contributed by atoms with E-state index in [9.17, 15) is 13.2 Å². The number of carbonyl (C=O) groups is 1. The summed E-state index contributed by atoms with van der Waals surface area (Å²) >= 11 is 0. The molecule has 2 aromatic carbocycles. The molecule has 0 saturated carbocycles. The van der Waals surface area contributed by atoms with Crippen molar-refractivity contribution < 1.29 is 17.9 Å². The van der Waals surface area contributed by atoms with E-state index in [0.717, 1.165) is 38.8 Å². The number of anilines is 1. The van der Waals surface area contributed by atoms with Crippen molar-refractivity contribution in [1.82, 2.24) is 9.21 Å². The van der Waals surface area contributed by atoms with E-state index in [2.05, 4.69) is 34.5 Å². The minimum absolute atomic E-state index is 0.189. The van der Waals surface area contributed by atoms with Crippen LogP contribution in [0.4, 0.5) is 5.69 Å². The molecule has 34 heavy (non-hydrogen) atoms. The summed E-state index contributed by atoms with van der Waals surface area (Å²) in [6.07, 6.45) is 4.24. The zero-order chi connectivity index (χ0) is 24.1. The molecule has 0 spiro atoms. The molecule has 2 aliphatic rings. The van der Waals surface area contributed by atoms with Gasteiger partial charge in [0.25, 0.3) is 0 Å². The van der Waals surface area contributed by atoms with E-state index in [0.29, 0.717) is 31.4 Å². The minimum atomic E-state index is -3.73. The maximum atomic E-state index is 13.6. The van der Waals surface area contributed by atoms with Crippen molar-refractivity contribution in [2.45, 2.75) is 43.5 Å². The summed E-state index contributed by atoms with van der Waals surface area (Å²) in [5.41, 5.74) is 3.36. The van der Waals surface area contributed by atoms with Crippen molar-refractivity contribution in [3.8, 4) is 0 Å². The average Bonchev–Trinajstić information content (AvgIpc) is 3.26. The van der Waals surface area contributed by atoms with Crippen LogP contribution in [0.15, 0.2) is 53.4 Å². The third kappa shape index (κ3) is 5.86. The van der Waals surface area contributed by atoms with E-state index in [1.807, 2.05) is 0 Å². The molecule has 1 heterocycles. The Morgan fingerprint density at radius 2 is 1.88 bits per heavy atom. The van der Waals surface area contributed by atoms with E-state index in [4.69, 9.17) is 4.74 Å². The number of rotatable bonds is 9. The summed E-state index contributed by atoms with van der Waals surface area (Å²) in [5, 5.41) is 2.67. The molecule has 2 aromatic rings. The van der Waals surface area contributed by atoms with Crippen LogP contribution in [0.3, 0.4) is 0 Å². The third-order valence-corrected chi connectivity index (χ3v) is 8.76. The number of carbonyl (C=O) groups excluding carboxylic acids is 1. The maximum absolute atomic E-state index is 13.6. The number of nitrogens with zero attached hydrogens (tertiary/aromatic N) is 2. The van der Waals surface area contributed by atoms with Crippen LogP contribution in [-0.4, -0.2) is 69.5 Å². The summed E-state index contributed by atoms with van der Waals surface area (Å²) < 4.78 is 34.0. The van der Waals surface area contributed by atoms with Gasteiger partial charge in [-0.05, 0) is 67.5 Å². The van der Waals surface area contributed by atoms with Crippen LogP contribution in [0.25, 0.3) is 0 Å². The van der Waals surface area contributed by atoms with Crippen molar-refractivity contribution in [1.29, 1.82) is 0 Å². The molecule has 7 nitrogen and oxygen atoms in total. The van der Waals surface area contributed by atoms with Gasteiger partial charge in [0.05, 0.1) is 11.5 Å². The molecule has 0 aromatic heterocycles. The number of methoxy groups -OCH3 is 1. The van der Waals surface area contributed by atoms with Crippen LogP contribution >= 0.6 is 0 Å². The molecular formula is C26H35N3O4S. The van der Waals surface area contributed by atoms with Gasteiger partial charge in [0.15, 0.2) is 0 Å². The van der Waals surface area contributed by atoms with E-state index in [1.54, 1.807) is 29.6 Å². The van der Waals surface area contributed by atoms with Crippen molar-refractivity contribution in [2.75, 3.05) is 45.2 Å². The fourth-order valence-corrected chi connectivity index (χ4v) is 6.80. The molecule has 1 aliphatic heterocycles. The number of nitrogens with one attached hydrogen (secondary N) is 1. The fourth-order valence-electron chi connectivity index (χ4n) is 5.25. The van der Waals surface area contributed by atoms with Gasteiger partial charge in [0.2, 0.25) is 15.9 Å². The normalized spacial score (nSPS) is 19.3. The highest BCUT2D eigenvalue weighted by atomic mass is 32.2. The lowest BCUT2D eigenvalue weighted by atomic mass is 9.96. The number of ether oxygens (including phenoxy) is 1. The molecule has 4 rings (SSSR count). The Kier molecular flexibility index (Phi) is 8.03. The summed E-state index contributed by atoms with van der Waals surface area (Å²) in [7, 11) is -2.14. The zero-order valence-electron chi connectivity index (χ0n) is 20.1. The number of fused-ring (bicyclic) bond motifs is 1. The van der Waals surface area contributed by atoms with Crippen molar-refractivity contribution in [2.24, 2.45) is 5.92 Å². The van der Waals surface area contributed by atoms with Crippen molar-refractivity contribution >= 4 is 21.6 Å². The molecular weight excluding hydrogens is 450 g/mol. The Labute approximate surface area is 203 Å². The smallest absolute Gasteiger partial charge is 0.243 e. The van der Waals surface area contributed by atoms with Gasteiger partial charge in [-0.2, -0.15) is 4.31 Å². The van der Waals surface area contributed by atoms with E-state index < -0.39 is 10.0 Å². The van der Waals surface area contributed by atoms with Gasteiger partial charge >= 0.3 is 0 Å². The second kappa shape index (κ2) is 11.0. The Morgan fingerprint density at radius 1 is 1.15 bits per heavy atom. The second-order valence-corrected chi connectivity index (χ2v) is 11.3. The van der Waals surface area contributed by atoms with E-state index >= 15 is 0 Å². The van der Waals surface area contributed by atoms with Gasteiger partial charge in [-0.3, -0.25) is 9.69 Å². The molecule has 1 amide bonds. The van der Waals surface area contributed by atoms with Gasteiger partial charge in [0.1, 0.15) is 0 Å². The predicted octanol–water partition coefficient (Wildman–Crippen LogP) is 3.16. The maximum Gasteiger partial charge on any atom is 0.243 e. The molecule has 0 radical (unpaired) electrons. The molecule has 1 unspecified atom stereocenters. The fraction of sp³-hybridized carbons (Fsp3) is 0.500. The monoisotopic (exact) mass is 485 g/mol. The molecule has 8 heteroatoms. The number of likely N-dealkylation sites (tertiary alicyclic amines) is 1. The van der Waals surface area contributed by atoms with Gasteiger partial charge in [0, 0.05) is 45.4 Å². The highest BCUT2D eigenvalue weighted by Gasteiger charge is 2.33. The second-order valence-electron chi connectivity index (χ2n) is 9.40. The van der Waals surface area contributed by atoms with Crippen molar-refractivity contribution in [3.05, 3.63) is 59.7 Å². The van der Waals surface area contributed by atoms with Gasteiger partial charge in [-0.1, -0.05) is 30.3 Å². The van der Waals surface area contributed by atoms with Crippen LogP contribution in [0.2, 0.25) is 0 Å². The third-order valence-electron chi connectivity index (χ3n) is 6.90. The van der Waals surface area contributed by atoms with Crippen LogP contribution in [0.5, 0.6) is 0 Å². The lowest BCUT2D eigenvalue weighted by Gasteiger charge is -2.38. The predicted molar refractivity (Wildman–Crippen MR) is 133 cm³/mol. The number of piperidine rings is 1. The lowest BCUT2D eigenvalue weighted by molar-refractivity contribution is -0.114. The first-order chi connectivity index (χ1) is 16.4. The van der Waals surface area contributed by atoms with Gasteiger partial charge < -0.3 is 10.1 Å². The summed E-state index contributed by atoms with van der Waals surface area (Å²) in [6, 6.07) is 15.6. The summed E-state index contributed by atoms with van der Waals surface area (Å²) in [4.78, 5) is 14.2. The highest BCUT2D eigenvalue weighted by molar-refractivity contribution is 7.89. The summed E-state index contributed by atoms with van der Waals surface area (Å²) in [5.74, 6) is 0.0322. The van der Waals surface area contributed by atoms with Crippen LogP contribution in [0.1, 0.15) is 30.9 Å². The molecule has 1 N–H and O–H groups in total. The molecule has 1 aliphatic carbocycles. The SMILES string of the molecule is COCCN(CC1CCCN(C2Cc3ccccc3C2)C1)S(=O)(=O)c1cccc(NC(C)=O)c1. The van der Waals surface area contributed by atoms with Crippen LogP contribution in [-0.2, 0) is 32.4 Å². The highest BCUT2D eigenvalue weighted by Crippen LogP contribution is 2.30. The van der Waals surface area contributed by atoms with Crippen molar-refractivity contribution in [3.63, 3.8) is 0 Å². The van der Waals surface area contributed by atoms with E-state index in [1.165, 1.54) is 24.1 Å². The quantitative estimate of drug-likeness (QED) is 0.590. The first-order valence-corrected chi connectivity index (χ1v) is 13.5. The van der Waals surface area contributed by atoms with Crippen LogP contribution < -0.4 is 5.32 Å². The Bertz CT molecular complexity index is 1080. The number of benzene rings is 2. The average molecular weight is 486 g/mol. The minimum Gasteiger partial charge on any atom is -0.383 e. The molecule has 1 atom stereocenters. The molecule has 184 valence electrons. The zero-order valence-corrected chi connectivity index (χ0v) is 20.9. The van der Waals surface area contributed by atoms with Gasteiger partial charge in [-0.25, -0.2) is 8.42 Å². The lowest BCUT2D eigenvalue weighted by Crippen LogP contribution is -2.47. The molecule has 0 bridgehead atoms. The topological polar surface area (TPSA) is 79.0 Å². The van der Waals surface area contributed by atoms with E-state index in [-0.39, 0.29) is 16.7 Å². The summed E-state index contributed by atoms with van der Waals surface area (Å²) in [6.45, 7) is 4.48. The number of amides is 1. The Hall–Kier alpha value is -2.26. The Balaban J connectivity index is 1.47. The van der Waals surface area contributed by atoms with Crippen LogP contribution in [0, 0.1) is 5.92 Å². The van der Waals surface area contributed by atoms with Gasteiger partial charge in [-0.15, -0.1) is 0 Å².